The third kappa shape index (κ3) is 17.7. The summed E-state index contributed by atoms with van der Waals surface area (Å²) in [5.74, 6) is 0.372. The van der Waals surface area contributed by atoms with E-state index in [2.05, 4.69) is 78.5 Å². The Morgan fingerprint density at radius 1 is 0.868 bits per heavy atom. The van der Waals surface area contributed by atoms with Gasteiger partial charge in [0.2, 0.25) is 0 Å². The first-order valence-corrected chi connectivity index (χ1v) is 20.3. The van der Waals surface area contributed by atoms with Gasteiger partial charge in [-0.3, -0.25) is 16.8 Å². The van der Waals surface area contributed by atoms with Crippen LogP contribution in [0.1, 0.15) is 97.7 Å². The van der Waals surface area contributed by atoms with Gasteiger partial charge in [-0.2, -0.15) is 0 Å². The second-order valence-corrected chi connectivity index (χ2v) is 16.5. The van der Waals surface area contributed by atoms with Gasteiger partial charge in [0.25, 0.3) is 0 Å². The monoisotopic (exact) mass is 770 g/mol. The molecule has 310 valence electrons. The number of benzene rings is 1. The minimum Gasteiger partial charge on any atom is -1.00 e. The van der Waals surface area contributed by atoms with Crippen LogP contribution in [0.2, 0.25) is 0 Å². The standard InChI is InChI=1S/C39H78N10O3.ClH/c1-25(18-26(2)38(52)30-10-9-11-32(19-30)48-39(41)42)29(5)31(20-36(40)50)21-37(51)45-15-14-33-23-47-35-13-8-7-12-34(35)44-17-16-43-27(3)24-49(6)28(4)22-46-33;/h9-11,19,25-29,31,33-39,43-48,50-52H,7-8,12-18,20-24,40-42H2,1-6H3;1H/p-1/t25-,26?,27+,28-,29?,31?,33+,34-,35-,36-,37?,38?;/m1./s1. The SMILES string of the molecule is CC(C[C@@H](C)C(C)C(CC(O)NCC[C@H]1CN[C@@H]2CCCC[C@H]2NCCN[C@@H](C)CN(C)[C@H](C)CN1)C[C@H](N)O)C(O)c1cccc(NC(N)N)c1.[Cl-]. The van der Waals surface area contributed by atoms with Gasteiger partial charge in [-0.25, -0.2) is 0 Å². The Kier molecular flexibility index (Phi) is 22.8. The van der Waals surface area contributed by atoms with Crippen molar-refractivity contribution < 1.29 is 27.7 Å². The van der Waals surface area contributed by atoms with E-state index in [-0.39, 0.29) is 42.1 Å². The minimum atomic E-state index is -0.958. The van der Waals surface area contributed by atoms with Gasteiger partial charge in [0.05, 0.1) is 6.10 Å². The molecule has 53 heavy (non-hydrogen) atoms. The highest BCUT2D eigenvalue weighted by atomic mass is 35.5. The molecule has 5 unspecified atom stereocenters. The van der Waals surface area contributed by atoms with Crippen LogP contribution in [0.25, 0.3) is 0 Å². The van der Waals surface area contributed by atoms with Gasteiger partial charge in [-0.05, 0) is 107 Å². The molecule has 1 aromatic carbocycles. The van der Waals surface area contributed by atoms with Crippen molar-refractivity contribution in [3.63, 3.8) is 0 Å². The van der Waals surface area contributed by atoms with Gasteiger partial charge in [0, 0.05) is 68.6 Å². The molecule has 2 aliphatic rings. The summed E-state index contributed by atoms with van der Waals surface area (Å²) in [6, 6.07) is 9.59. The number of hydrogen-bond acceptors (Lipinski definition) is 13. The maximum absolute atomic E-state index is 11.2. The fourth-order valence-corrected chi connectivity index (χ4v) is 8.29. The number of likely N-dealkylation sites (N-methyl/N-ethyl adjacent to an activating group) is 1. The van der Waals surface area contributed by atoms with Crippen LogP contribution in [-0.4, -0.2) is 115 Å². The molecule has 13 nitrogen and oxygen atoms in total. The molecule has 0 radical (unpaired) electrons. The number of nitrogens with two attached hydrogens (primary N) is 3. The Morgan fingerprint density at radius 2 is 1.55 bits per heavy atom. The Morgan fingerprint density at radius 3 is 2.23 bits per heavy atom. The highest BCUT2D eigenvalue weighted by Gasteiger charge is 2.30. The Labute approximate surface area is 327 Å². The number of nitrogens with one attached hydrogen (secondary N) is 6. The molecule has 15 N–H and O–H groups in total. The summed E-state index contributed by atoms with van der Waals surface area (Å²) < 4.78 is 0. The zero-order valence-corrected chi connectivity index (χ0v) is 34.4. The molecule has 1 heterocycles. The highest BCUT2D eigenvalue weighted by molar-refractivity contribution is 5.46. The predicted octanol–water partition coefficient (Wildman–Crippen LogP) is -1.63. The third-order valence-electron chi connectivity index (χ3n) is 11.9. The van der Waals surface area contributed by atoms with E-state index in [1.165, 1.54) is 25.7 Å². The van der Waals surface area contributed by atoms with Crippen LogP contribution < -0.4 is 61.5 Å². The maximum atomic E-state index is 11.2. The van der Waals surface area contributed by atoms with Crippen LogP contribution in [0.4, 0.5) is 5.69 Å². The van der Waals surface area contributed by atoms with E-state index in [9.17, 15) is 15.3 Å². The van der Waals surface area contributed by atoms with E-state index in [0.717, 1.165) is 56.8 Å². The fraction of sp³-hybridized carbons (Fsp3) is 0.846. The van der Waals surface area contributed by atoms with Crippen molar-refractivity contribution in [3.8, 4) is 0 Å². The van der Waals surface area contributed by atoms with Crippen molar-refractivity contribution >= 4 is 5.69 Å². The van der Waals surface area contributed by atoms with Gasteiger partial charge in [0.1, 0.15) is 18.7 Å². The van der Waals surface area contributed by atoms with E-state index >= 15 is 0 Å². The number of anilines is 1. The average molecular weight is 771 g/mol. The zero-order valence-electron chi connectivity index (χ0n) is 33.6. The lowest BCUT2D eigenvalue weighted by Gasteiger charge is -2.35. The molecular weight excluding hydrogens is 692 g/mol. The summed E-state index contributed by atoms with van der Waals surface area (Å²) >= 11 is 0. The highest BCUT2D eigenvalue weighted by Crippen LogP contribution is 2.35. The number of aliphatic hydroxyl groups excluding tert-OH is 3. The molecule has 0 bridgehead atoms. The summed E-state index contributed by atoms with van der Waals surface area (Å²) in [7, 11) is 2.21. The molecule has 0 spiro atoms. The second kappa shape index (κ2) is 25.2. The summed E-state index contributed by atoms with van der Waals surface area (Å²) in [4.78, 5) is 2.42. The number of aliphatic hydroxyl groups is 3. The largest absolute Gasteiger partial charge is 1.00 e. The molecule has 3 rings (SSSR count). The number of halogens is 1. The van der Waals surface area contributed by atoms with Gasteiger partial charge in [-0.1, -0.05) is 45.7 Å². The van der Waals surface area contributed by atoms with E-state index in [1.54, 1.807) is 0 Å². The Hall–Kier alpha value is -1.17. The molecule has 1 saturated carbocycles. The zero-order chi connectivity index (χ0) is 38.2. The quantitative estimate of drug-likeness (QED) is 0.0853. The van der Waals surface area contributed by atoms with Crippen LogP contribution in [0.5, 0.6) is 0 Å². The van der Waals surface area contributed by atoms with Crippen LogP contribution in [0.15, 0.2) is 24.3 Å². The smallest absolute Gasteiger partial charge is 0.127 e. The minimum absolute atomic E-state index is 0. The molecular formula is C39H78ClN10O3-. The van der Waals surface area contributed by atoms with Crippen LogP contribution >= 0.6 is 0 Å². The molecule has 14 heteroatoms. The average Bonchev–Trinajstić information content (AvgIpc) is 3.09. The van der Waals surface area contributed by atoms with Crippen LogP contribution in [-0.2, 0) is 0 Å². The normalized spacial score (nSPS) is 28.2. The van der Waals surface area contributed by atoms with Crippen molar-refractivity contribution in [2.75, 3.05) is 51.6 Å². The topological polar surface area (TPSA) is 214 Å². The molecule has 12 atom stereocenters. The first kappa shape index (κ1) is 48.0. The van der Waals surface area contributed by atoms with Gasteiger partial charge >= 0.3 is 0 Å². The summed E-state index contributed by atoms with van der Waals surface area (Å²) in [6.07, 6.45) is 4.49. The van der Waals surface area contributed by atoms with E-state index < -0.39 is 24.8 Å². The first-order chi connectivity index (χ1) is 24.7. The lowest BCUT2D eigenvalue weighted by molar-refractivity contribution is -0.0000239. The predicted molar refractivity (Wildman–Crippen MR) is 214 cm³/mol. The van der Waals surface area contributed by atoms with Gasteiger partial charge < -0.3 is 64.9 Å². The Bertz CT molecular complexity index is 1110. The van der Waals surface area contributed by atoms with E-state index in [1.807, 2.05) is 24.3 Å². The van der Waals surface area contributed by atoms with Crippen molar-refractivity contribution in [2.45, 2.75) is 141 Å². The van der Waals surface area contributed by atoms with Crippen molar-refractivity contribution in [3.05, 3.63) is 29.8 Å². The number of rotatable bonds is 16. The molecule has 1 saturated heterocycles. The first-order valence-electron chi connectivity index (χ1n) is 20.3. The number of nitrogens with zero attached hydrogens (tertiary/aromatic N) is 1. The van der Waals surface area contributed by atoms with Gasteiger partial charge in [-0.15, -0.1) is 0 Å². The Balaban J connectivity index is 0.00000972. The second-order valence-electron chi connectivity index (χ2n) is 16.5. The van der Waals surface area contributed by atoms with E-state index in [0.29, 0.717) is 43.6 Å². The summed E-state index contributed by atoms with van der Waals surface area (Å²) in [5.41, 5.74) is 18.9. The number of fused-ring (bicyclic) bond motifs is 1. The molecule has 1 aliphatic heterocycles. The van der Waals surface area contributed by atoms with Crippen molar-refractivity contribution in [2.24, 2.45) is 40.9 Å². The summed E-state index contributed by atoms with van der Waals surface area (Å²) in [6.45, 7) is 16.4. The molecule has 1 aliphatic carbocycles. The summed E-state index contributed by atoms with van der Waals surface area (Å²) in [5, 5.41) is 54.3. The number of hydrogen-bond donors (Lipinski definition) is 12. The van der Waals surface area contributed by atoms with Crippen molar-refractivity contribution in [1.29, 1.82) is 0 Å². The fourth-order valence-electron chi connectivity index (χ4n) is 8.29. The lowest BCUT2D eigenvalue weighted by atomic mass is 9.75. The lowest BCUT2D eigenvalue weighted by Crippen LogP contribution is -3.00. The van der Waals surface area contributed by atoms with Gasteiger partial charge in [0.15, 0.2) is 0 Å². The van der Waals surface area contributed by atoms with Crippen molar-refractivity contribution in [1.82, 2.24) is 31.5 Å². The van der Waals surface area contributed by atoms with E-state index in [4.69, 9.17) is 17.2 Å². The third-order valence-corrected chi connectivity index (χ3v) is 11.9. The maximum Gasteiger partial charge on any atom is 0.127 e. The molecule has 2 fully saturated rings. The van der Waals surface area contributed by atoms with Crippen LogP contribution in [0.3, 0.4) is 0 Å². The van der Waals surface area contributed by atoms with Crippen LogP contribution in [0, 0.1) is 23.7 Å². The molecule has 1 aromatic rings. The molecule has 0 amide bonds. The molecule has 0 aromatic heterocycles.